The molecule has 0 aromatic rings. The molecular formula is C18H34N2O. The van der Waals surface area contributed by atoms with Crippen molar-refractivity contribution in [3.8, 4) is 0 Å². The molecule has 0 aromatic carbocycles. The van der Waals surface area contributed by atoms with E-state index >= 15 is 0 Å². The summed E-state index contributed by atoms with van der Waals surface area (Å²) in [5, 5.41) is 3.44. The van der Waals surface area contributed by atoms with Gasteiger partial charge in [0.2, 0.25) is 5.91 Å². The van der Waals surface area contributed by atoms with Gasteiger partial charge in [-0.05, 0) is 69.4 Å². The lowest BCUT2D eigenvalue weighted by molar-refractivity contribution is -0.138. The number of nitrogens with one attached hydrogen (secondary N) is 1. The highest BCUT2D eigenvalue weighted by atomic mass is 16.2. The summed E-state index contributed by atoms with van der Waals surface area (Å²) < 4.78 is 0. The predicted molar refractivity (Wildman–Crippen MR) is 88.2 cm³/mol. The van der Waals surface area contributed by atoms with Crippen molar-refractivity contribution in [2.45, 2.75) is 71.8 Å². The number of nitrogens with zero attached hydrogens (tertiary/aromatic N) is 1. The zero-order valence-electron chi connectivity index (χ0n) is 14.5. The number of hydrogen-bond donors (Lipinski definition) is 1. The molecule has 1 saturated heterocycles. The van der Waals surface area contributed by atoms with E-state index in [-0.39, 0.29) is 5.92 Å². The third kappa shape index (κ3) is 4.45. The number of rotatable bonds is 2. The van der Waals surface area contributed by atoms with Crippen molar-refractivity contribution >= 4 is 5.91 Å². The zero-order valence-corrected chi connectivity index (χ0v) is 14.5. The Labute approximate surface area is 130 Å². The van der Waals surface area contributed by atoms with Gasteiger partial charge in [0.15, 0.2) is 0 Å². The highest BCUT2D eigenvalue weighted by molar-refractivity contribution is 5.79. The molecule has 1 heterocycles. The third-order valence-corrected chi connectivity index (χ3v) is 5.74. The van der Waals surface area contributed by atoms with Crippen LogP contribution in [0.2, 0.25) is 0 Å². The summed E-state index contributed by atoms with van der Waals surface area (Å²) in [6.45, 7) is 9.17. The average molecular weight is 294 g/mol. The van der Waals surface area contributed by atoms with E-state index in [1.807, 2.05) is 7.05 Å². The molecular weight excluding hydrogens is 260 g/mol. The standard InChI is InChI=1S/C18H34N2O/c1-18(2,3)15-9-7-14(8-10-15)17(21)20(4)16-6-5-12-19-13-11-16/h14-16,19H,5-13H2,1-4H3. The Morgan fingerprint density at radius 2 is 1.67 bits per heavy atom. The molecule has 1 N–H and O–H groups in total. The molecule has 3 heteroatoms. The molecule has 0 bridgehead atoms. The fourth-order valence-corrected chi connectivity index (χ4v) is 4.06. The number of carbonyl (C=O) groups excluding carboxylic acids is 1. The number of hydrogen-bond acceptors (Lipinski definition) is 2. The first kappa shape index (κ1) is 16.8. The highest BCUT2D eigenvalue weighted by Gasteiger charge is 2.34. The molecule has 1 aliphatic heterocycles. The quantitative estimate of drug-likeness (QED) is 0.846. The van der Waals surface area contributed by atoms with Crippen LogP contribution < -0.4 is 5.32 Å². The van der Waals surface area contributed by atoms with Crippen molar-refractivity contribution in [2.24, 2.45) is 17.3 Å². The Kier molecular flexibility index (Phi) is 5.70. The summed E-state index contributed by atoms with van der Waals surface area (Å²) in [5.41, 5.74) is 0.396. The maximum absolute atomic E-state index is 12.8. The molecule has 2 fully saturated rings. The predicted octanol–water partition coefficient (Wildman–Crippen LogP) is 3.44. The van der Waals surface area contributed by atoms with Crippen LogP contribution in [0.1, 0.15) is 65.7 Å². The molecule has 21 heavy (non-hydrogen) atoms. The Morgan fingerprint density at radius 1 is 1.00 bits per heavy atom. The van der Waals surface area contributed by atoms with Gasteiger partial charge in [-0.3, -0.25) is 4.79 Å². The van der Waals surface area contributed by atoms with Gasteiger partial charge in [-0.1, -0.05) is 20.8 Å². The lowest BCUT2D eigenvalue weighted by atomic mass is 9.69. The lowest BCUT2D eigenvalue weighted by Gasteiger charge is -2.38. The second-order valence-electron chi connectivity index (χ2n) is 8.20. The first-order chi connectivity index (χ1) is 9.89. The molecule has 2 rings (SSSR count). The number of carbonyl (C=O) groups is 1. The molecule has 1 saturated carbocycles. The van der Waals surface area contributed by atoms with Gasteiger partial charge >= 0.3 is 0 Å². The summed E-state index contributed by atoms with van der Waals surface area (Å²) in [6, 6.07) is 0.452. The van der Waals surface area contributed by atoms with E-state index in [9.17, 15) is 4.79 Å². The van der Waals surface area contributed by atoms with E-state index in [1.165, 1.54) is 19.3 Å². The van der Waals surface area contributed by atoms with E-state index in [2.05, 4.69) is 31.0 Å². The van der Waals surface area contributed by atoms with Crippen LogP contribution in [0.25, 0.3) is 0 Å². The smallest absolute Gasteiger partial charge is 0.225 e. The maximum Gasteiger partial charge on any atom is 0.225 e. The summed E-state index contributed by atoms with van der Waals surface area (Å²) in [5.74, 6) is 1.48. The Hall–Kier alpha value is -0.570. The summed E-state index contributed by atoms with van der Waals surface area (Å²) in [6.07, 6.45) is 8.09. The third-order valence-electron chi connectivity index (χ3n) is 5.74. The van der Waals surface area contributed by atoms with Gasteiger partial charge in [0.05, 0.1) is 0 Å². The summed E-state index contributed by atoms with van der Waals surface area (Å²) in [4.78, 5) is 14.8. The fourth-order valence-electron chi connectivity index (χ4n) is 4.06. The van der Waals surface area contributed by atoms with E-state index in [1.54, 1.807) is 0 Å². The molecule has 2 aliphatic rings. The Morgan fingerprint density at radius 3 is 2.29 bits per heavy atom. The minimum Gasteiger partial charge on any atom is -0.342 e. The minimum absolute atomic E-state index is 0.282. The van der Waals surface area contributed by atoms with Crippen LogP contribution in [0, 0.1) is 17.3 Å². The molecule has 1 amide bonds. The van der Waals surface area contributed by atoms with Gasteiger partial charge in [0.25, 0.3) is 0 Å². The van der Waals surface area contributed by atoms with Crippen molar-refractivity contribution < 1.29 is 4.79 Å². The molecule has 0 aromatic heterocycles. The topological polar surface area (TPSA) is 32.3 Å². The van der Waals surface area contributed by atoms with Gasteiger partial charge in [-0.25, -0.2) is 0 Å². The molecule has 1 atom stereocenters. The highest BCUT2D eigenvalue weighted by Crippen LogP contribution is 2.40. The van der Waals surface area contributed by atoms with Crippen molar-refractivity contribution in [3.05, 3.63) is 0 Å². The normalized spacial score (nSPS) is 31.5. The average Bonchev–Trinajstić information content (AvgIpc) is 2.74. The second kappa shape index (κ2) is 7.13. The molecule has 122 valence electrons. The van der Waals surface area contributed by atoms with Crippen LogP contribution in [0.15, 0.2) is 0 Å². The van der Waals surface area contributed by atoms with Gasteiger partial charge in [0.1, 0.15) is 0 Å². The second-order valence-corrected chi connectivity index (χ2v) is 8.20. The van der Waals surface area contributed by atoms with Crippen LogP contribution in [0.3, 0.4) is 0 Å². The Balaban J connectivity index is 1.86. The van der Waals surface area contributed by atoms with Crippen LogP contribution in [0.5, 0.6) is 0 Å². The Bertz CT molecular complexity index is 332. The number of amides is 1. The SMILES string of the molecule is CN(C(=O)C1CCC(C(C)(C)C)CC1)C1CCCNCC1. The van der Waals surface area contributed by atoms with E-state index in [0.717, 1.165) is 44.7 Å². The molecule has 1 unspecified atom stereocenters. The molecule has 1 aliphatic carbocycles. The fraction of sp³-hybridized carbons (Fsp3) is 0.944. The molecule has 0 radical (unpaired) electrons. The van der Waals surface area contributed by atoms with Crippen LogP contribution in [-0.2, 0) is 4.79 Å². The van der Waals surface area contributed by atoms with E-state index < -0.39 is 0 Å². The monoisotopic (exact) mass is 294 g/mol. The van der Waals surface area contributed by atoms with Gasteiger partial charge in [-0.15, -0.1) is 0 Å². The van der Waals surface area contributed by atoms with Crippen LogP contribution >= 0.6 is 0 Å². The molecule has 3 nitrogen and oxygen atoms in total. The van der Waals surface area contributed by atoms with Gasteiger partial charge < -0.3 is 10.2 Å². The van der Waals surface area contributed by atoms with Gasteiger partial charge in [0, 0.05) is 19.0 Å². The summed E-state index contributed by atoms with van der Waals surface area (Å²) in [7, 11) is 2.04. The zero-order chi connectivity index (χ0) is 15.5. The lowest BCUT2D eigenvalue weighted by Crippen LogP contribution is -2.42. The summed E-state index contributed by atoms with van der Waals surface area (Å²) >= 11 is 0. The van der Waals surface area contributed by atoms with Crippen molar-refractivity contribution in [2.75, 3.05) is 20.1 Å². The van der Waals surface area contributed by atoms with Gasteiger partial charge in [-0.2, -0.15) is 0 Å². The van der Waals surface area contributed by atoms with E-state index in [0.29, 0.717) is 17.4 Å². The maximum atomic E-state index is 12.8. The van der Waals surface area contributed by atoms with Crippen LogP contribution in [0.4, 0.5) is 0 Å². The first-order valence-electron chi connectivity index (χ1n) is 8.87. The van der Waals surface area contributed by atoms with Crippen molar-refractivity contribution in [1.82, 2.24) is 10.2 Å². The van der Waals surface area contributed by atoms with Crippen molar-refractivity contribution in [1.29, 1.82) is 0 Å². The van der Waals surface area contributed by atoms with Crippen molar-refractivity contribution in [3.63, 3.8) is 0 Å². The van der Waals surface area contributed by atoms with Crippen LogP contribution in [-0.4, -0.2) is 37.0 Å². The first-order valence-corrected chi connectivity index (χ1v) is 8.87. The van der Waals surface area contributed by atoms with E-state index in [4.69, 9.17) is 0 Å². The largest absolute Gasteiger partial charge is 0.342 e. The molecule has 0 spiro atoms. The minimum atomic E-state index is 0.282.